The third-order valence-corrected chi connectivity index (χ3v) is 4.33. The number of nitrogens with one attached hydrogen (secondary N) is 2. The van der Waals surface area contributed by atoms with Gasteiger partial charge in [-0.2, -0.15) is 9.97 Å². The number of rotatable bonds is 7. The Bertz CT molecular complexity index is 989. The monoisotopic (exact) mass is 406 g/mol. The lowest BCUT2D eigenvalue weighted by Gasteiger charge is -2.13. The fourth-order valence-corrected chi connectivity index (χ4v) is 2.70. The molecule has 0 saturated heterocycles. The summed E-state index contributed by atoms with van der Waals surface area (Å²) in [5, 5.41) is 34.5. The standard InChI is InChI=1S/C17H23ClN8O2/c1-8(2)26-16-12(24-25-26)15(22-17(23-16)21-6-9(3)19)20-7-10-4-5-11(18)14(28)13(10)27/h4-5,8-9,27-28H,6-7,19H2,1-3H3,(H2,20,21,22,23). The van der Waals surface area contributed by atoms with Crippen LogP contribution in [0.15, 0.2) is 12.1 Å². The lowest BCUT2D eigenvalue weighted by atomic mass is 10.2. The van der Waals surface area contributed by atoms with Gasteiger partial charge in [-0.05, 0) is 26.8 Å². The quantitative estimate of drug-likeness (QED) is 0.372. The van der Waals surface area contributed by atoms with E-state index in [1.165, 1.54) is 6.07 Å². The van der Waals surface area contributed by atoms with E-state index in [9.17, 15) is 10.2 Å². The maximum atomic E-state index is 10.1. The van der Waals surface area contributed by atoms with E-state index in [1.54, 1.807) is 10.7 Å². The van der Waals surface area contributed by atoms with Crippen LogP contribution in [0.25, 0.3) is 11.2 Å². The van der Waals surface area contributed by atoms with Crippen LogP contribution in [-0.4, -0.2) is 47.8 Å². The minimum atomic E-state index is -0.362. The van der Waals surface area contributed by atoms with E-state index in [2.05, 4.69) is 30.9 Å². The molecule has 0 fully saturated rings. The second kappa shape index (κ2) is 8.03. The van der Waals surface area contributed by atoms with Crippen LogP contribution in [0.2, 0.25) is 5.02 Å². The Kier molecular flexibility index (Phi) is 5.71. The molecule has 3 rings (SSSR count). The Balaban J connectivity index is 1.95. The van der Waals surface area contributed by atoms with Gasteiger partial charge in [-0.1, -0.05) is 22.9 Å². The summed E-state index contributed by atoms with van der Waals surface area (Å²) in [6, 6.07) is 3.11. The number of hydrogen-bond donors (Lipinski definition) is 5. The summed E-state index contributed by atoms with van der Waals surface area (Å²) in [7, 11) is 0. The number of nitrogens with zero attached hydrogens (tertiary/aromatic N) is 5. The van der Waals surface area contributed by atoms with Crippen LogP contribution < -0.4 is 16.4 Å². The van der Waals surface area contributed by atoms with E-state index in [0.29, 0.717) is 35.0 Å². The van der Waals surface area contributed by atoms with Crippen molar-refractivity contribution in [1.29, 1.82) is 0 Å². The molecule has 0 spiro atoms. The number of benzene rings is 1. The van der Waals surface area contributed by atoms with Gasteiger partial charge in [0.15, 0.2) is 28.5 Å². The summed E-state index contributed by atoms with van der Waals surface area (Å²) in [4.78, 5) is 8.96. The molecule has 0 bridgehead atoms. The van der Waals surface area contributed by atoms with Gasteiger partial charge in [-0.25, -0.2) is 4.68 Å². The first-order chi connectivity index (χ1) is 13.3. The molecule has 150 valence electrons. The number of phenolic OH excluding ortho intramolecular Hbond substituents is 2. The van der Waals surface area contributed by atoms with Crippen LogP contribution in [0.1, 0.15) is 32.4 Å². The molecule has 3 aromatic rings. The maximum absolute atomic E-state index is 10.1. The highest BCUT2D eigenvalue weighted by Gasteiger charge is 2.17. The molecular formula is C17H23ClN8O2. The summed E-state index contributed by atoms with van der Waals surface area (Å²) in [5.41, 5.74) is 7.32. The number of phenols is 2. The van der Waals surface area contributed by atoms with Crippen molar-refractivity contribution >= 4 is 34.5 Å². The zero-order valence-electron chi connectivity index (χ0n) is 15.8. The van der Waals surface area contributed by atoms with Crippen molar-refractivity contribution in [3.8, 4) is 11.5 Å². The average molecular weight is 407 g/mol. The van der Waals surface area contributed by atoms with E-state index in [1.807, 2.05) is 20.8 Å². The smallest absolute Gasteiger partial charge is 0.226 e. The molecule has 28 heavy (non-hydrogen) atoms. The van der Waals surface area contributed by atoms with Crippen LogP contribution >= 0.6 is 11.6 Å². The van der Waals surface area contributed by atoms with Gasteiger partial charge in [0.25, 0.3) is 0 Å². The number of halogens is 1. The zero-order chi connectivity index (χ0) is 20.4. The van der Waals surface area contributed by atoms with Crippen LogP contribution in [-0.2, 0) is 6.54 Å². The topological polar surface area (TPSA) is 147 Å². The van der Waals surface area contributed by atoms with Gasteiger partial charge in [-0.3, -0.25) is 0 Å². The SMILES string of the molecule is CC(N)CNc1nc(NCc2ccc(Cl)c(O)c2O)c2nnn(C(C)C)c2n1. The van der Waals surface area contributed by atoms with Gasteiger partial charge in [0, 0.05) is 24.7 Å². The lowest BCUT2D eigenvalue weighted by Crippen LogP contribution is -2.26. The van der Waals surface area contributed by atoms with Crippen molar-refractivity contribution in [3.05, 3.63) is 22.7 Å². The Morgan fingerprint density at radius 2 is 1.89 bits per heavy atom. The molecule has 2 aromatic heterocycles. The minimum absolute atomic E-state index is 0.0614. The number of anilines is 2. The van der Waals surface area contributed by atoms with Crippen molar-refractivity contribution < 1.29 is 10.2 Å². The van der Waals surface area contributed by atoms with Gasteiger partial charge in [-0.15, -0.1) is 5.10 Å². The third-order valence-electron chi connectivity index (χ3n) is 4.03. The summed E-state index contributed by atoms with van der Waals surface area (Å²) in [5.74, 6) is 0.183. The molecule has 0 radical (unpaired) electrons. The molecule has 0 aliphatic carbocycles. The molecule has 1 unspecified atom stereocenters. The van der Waals surface area contributed by atoms with Crippen LogP contribution in [0.3, 0.4) is 0 Å². The van der Waals surface area contributed by atoms with E-state index in [-0.39, 0.29) is 35.2 Å². The van der Waals surface area contributed by atoms with Crippen molar-refractivity contribution in [2.24, 2.45) is 5.73 Å². The van der Waals surface area contributed by atoms with Crippen LogP contribution in [0.4, 0.5) is 11.8 Å². The highest BCUT2D eigenvalue weighted by Crippen LogP contribution is 2.36. The fraction of sp³-hybridized carbons (Fsp3) is 0.412. The maximum Gasteiger partial charge on any atom is 0.226 e. The van der Waals surface area contributed by atoms with Gasteiger partial charge >= 0.3 is 0 Å². The van der Waals surface area contributed by atoms with Gasteiger partial charge in [0.2, 0.25) is 5.95 Å². The summed E-state index contributed by atoms with van der Waals surface area (Å²) in [6.07, 6.45) is 0. The van der Waals surface area contributed by atoms with E-state index < -0.39 is 0 Å². The summed E-state index contributed by atoms with van der Waals surface area (Å²) >= 11 is 5.80. The van der Waals surface area contributed by atoms with Crippen molar-refractivity contribution in [1.82, 2.24) is 25.0 Å². The van der Waals surface area contributed by atoms with E-state index in [4.69, 9.17) is 17.3 Å². The summed E-state index contributed by atoms with van der Waals surface area (Å²) < 4.78 is 1.70. The number of aromatic hydroxyl groups is 2. The van der Waals surface area contributed by atoms with Crippen molar-refractivity contribution in [3.63, 3.8) is 0 Å². The van der Waals surface area contributed by atoms with Crippen molar-refractivity contribution in [2.45, 2.75) is 39.4 Å². The zero-order valence-corrected chi connectivity index (χ0v) is 16.6. The van der Waals surface area contributed by atoms with Crippen molar-refractivity contribution in [2.75, 3.05) is 17.2 Å². The molecule has 1 aromatic carbocycles. The predicted molar refractivity (Wildman–Crippen MR) is 108 cm³/mol. The number of nitrogens with two attached hydrogens (primary N) is 1. The van der Waals surface area contributed by atoms with Gasteiger partial charge in [0.1, 0.15) is 0 Å². The van der Waals surface area contributed by atoms with Gasteiger partial charge < -0.3 is 26.6 Å². The molecule has 0 amide bonds. The normalized spacial score (nSPS) is 12.5. The average Bonchev–Trinajstić information content (AvgIpc) is 3.08. The predicted octanol–water partition coefficient (Wildman–Crippen LogP) is 2.24. The summed E-state index contributed by atoms with van der Waals surface area (Å²) in [6.45, 7) is 6.52. The molecule has 10 nitrogen and oxygen atoms in total. The molecular weight excluding hydrogens is 384 g/mol. The first-order valence-electron chi connectivity index (χ1n) is 8.83. The van der Waals surface area contributed by atoms with E-state index in [0.717, 1.165) is 0 Å². The number of hydrogen-bond acceptors (Lipinski definition) is 9. The Hall–Kier alpha value is -2.85. The van der Waals surface area contributed by atoms with Crippen LogP contribution in [0, 0.1) is 0 Å². The third kappa shape index (κ3) is 4.02. The molecule has 6 N–H and O–H groups in total. The second-order valence-electron chi connectivity index (χ2n) is 6.81. The number of aromatic nitrogens is 5. The minimum Gasteiger partial charge on any atom is -0.504 e. The molecule has 11 heteroatoms. The van der Waals surface area contributed by atoms with E-state index >= 15 is 0 Å². The first-order valence-corrected chi connectivity index (χ1v) is 9.21. The Morgan fingerprint density at radius 1 is 1.14 bits per heavy atom. The molecule has 0 saturated carbocycles. The molecule has 0 aliphatic rings. The molecule has 0 aliphatic heterocycles. The van der Waals surface area contributed by atoms with Gasteiger partial charge in [0.05, 0.1) is 11.1 Å². The fourth-order valence-electron chi connectivity index (χ4n) is 2.55. The highest BCUT2D eigenvalue weighted by molar-refractivity contribution is 6.32. The first kappa shape index (κ1) is 19.9. The Morgan fingerprint density at radius 3 is 2.57 bits per heavy atom. The number of fused-ring (bicyclic) bond motifs is 1. The molecule has 1 atom stereocenters. The highest BCUT2D eigenvalue weighted by atomic mass is 35.5. The largest absolute Gasteiger partial charge is 0.504 e. The lowest BCUT2D eigenvalue weighted by molar-refractivity contribution is 0.400. The second-order valence-corrected chi connectivity index (χ2v) is 7.22. The Labute approximate surface area is 166 Å². The molecule has 2 heterocycles. The van der Waals surface area contributed by atoms with Crippen LogP contribution in [0.5, 0.6) is 11.5 Å².